The molecule has 0 aromatic carbocycles. The first-order chi connectivity index (χ1) is 12.6. The Morgan fingerprint density at radius 3 is 3.00 bits per heavy atom. The van der Waals surface area contributed by atoms with Crippen LogP contribution in [0.4, 0.5) is 0 Å². The SMILES string of the molecule is C=C(C)Cn1cnc2c(sc3nc(-c4ccco4)c4c(c32)CCC4)c1=O. The van der Waals surface area contributed by atoms with Gasteiger partial charge < -0.3 is 4.42 Å². The molecule has 130 valence electrons. The Kier molecular flexibility index (Phi) is 3.37. The number of aromatic nitrogens is 3. The number of fused-ring (bicyclic) bond motifs is 5. The lowest BCUT2D eigenvalue weighted by Gasteiger charge is -2.07. The third-order valence-corrected chi connectivity index (χ3v) is 5.92. The number of nitrogens with zero attached hydrogens (tertiary/aromatic N) is 3. The normalized spacial score (nSPS) is 13.6. The first kappa shape index (κ1) is 15.5. The van der Waals surface area contributed by atoms with E-state index in [9.17, 15) is 4.79 Å². The molecule has 4 heterocycles. The van der Waals surface area contributed by atoms with Crippen LogP contribution in [0.3, 0.4) is 0 Å². The van der Waals surface area contributed by atoms with Gasteiger partial charge in [-0.2, -0.15) is 0 Å². The molecule has 0 atom stereocenters. The van der Waals surface area contributed by atoms with Crippen LogP contribution in [0.5, 0.6) is 0 Å². The lowest BCUT2D eigenvalue weighted by molar-refractivity contribution is 0.579. The van der Waals surface area contributed by atoms with Crippen LogP contribution in [0.25, 0.3) is 31.9 Å². The maximum atomic E-state index is 12.9. The number of hydrogen-bond donors (Lipinski definition) is 0. The van der Waals surface area contributed by atoms with Gasteiger partial charge in [0.05, 0.1) is 18.1 Å². The van der Waals surface area contributed by atoms with E-state index < -0.39 is 0 Å². The molecule has 1 aliphatic rings. The van der Waals surface area contributed by atoms with E-state index in [0.29, 0.717) is 11.2 Å². The van der Waals surface area contributed by atoms with Gasteiger partial charge in [-0.25, -0.2) is 9.97 Å². The predicted molar refractivity (Wildman–Crippen MR) is 104 cm³/mol. The Morgan fingerprint density at radius 1 is 1.38 bits per heavy atom. The summed E-state index contributed by atoms with van der Waals surface area (Å²) in [5.74, 6) is 0.787. The Labute approximate surface area is 153 Å². The Balaban J connectivity index is 1.85. The molecule has 5 rings (SSSR count). The minimum Gasteiger partial charge on any atom is -0.463 e. The van der Waals surface area contributed by atoms with Crippen molar-refractivity contribution in [1.82, 2.24) is 14.5 Å². The quantitative estimate of drug-likeness (QED) is 0.508. The second kappa shape index (κ2) is 5.64. The molecule has 4 aromatic heterocycles. The largest absolute Gasteiger partial charge is 0.463 e. The molecule has 0 N–H and O–H groups in total. The van der Waals surface area contributed by atoms with E-state index in [0.717, 1.165) is 52.0 Å². The van der Waals surface area contributed by atoms with Crippen LogP contribution >= 0.6 is 11.3 Å². The van der Waals surface area contributed by atoms with Crippen molar-refractivity contribution in [2.24, 2.45) is 0 Å². The maximum Gasteiger partial charge on any atom is 0.271 e. The van der Waals surface area contributed by atoms with Crippen LogP contribution in [-0.2, 0) is 19.4 Å². The standard InChI is InChI=1S/C20H17N3O2S/c1-11(2)9-23-10-21-17-15-12-5-3-6-13(12)16(14-7-4-8-25-14)22-19(15)26-18(17)20(23)24/h4,7-8,10H,1,3,5-6,9H2,2H3. The van der Waals surface area contributed by atoms with Crippen molar-refractivity contribution in [2.75, 3.05) is 0 Å². The van der Waals surface area contributed by atoms with E-state index >= 15 is 0 Å². The van der Waals surface area contributed by atoms with E-state index in [1.54, 1.807) is 17.2 Å². The zero-order chi connectivity index (χ0) is 17.8. The molecule has 0 spiro atoms. The summed E-state index contributed by atoms with van der Waals surface area (Å²) in [6.07, 6.45) is 6.37. The van der Waals surface area contributed by atoms with Gasteiger partial charge in [-0.1, -0.05) is 12.2 Å². The van der Waals surface area contributed by atoms with E-state index in [1.165, 1.54) is 22.5 Å². The number of pyridine rings is 1. The van der Waals surface area contributed by atoms with Crippen molar-refractivity contribution in [3.8, 4) is 11.5 Å². The molecule has 6 heteroatoms. The molecule has 0 aliphatic heterocycles. The summed E-state index contributed by atoms with van der Waals surface area (Å²) in [5, 5.41) is 1.05. The second-order valence-corrected chi connectivity index (χ2v) is 7.84. The van der Waals surface area contributed by atoms with Crippen LogP contribution in [0.15, 0.2) is 46.1 Å². The van der Waals surface area contributed by atoms with Crippen molar-refractivity contribution in [3.63, 3.8) is 0 Å². The van der Waals surface area contributed by atoms with Crippen molar-refractivity contribution in [1.29, 1.82) is 0 Å². The van der Waals surface area contributed by atoms with Gasteiger partial charge in [0.15, 0.2) is 5.76 Å². The van der Waals surface area contributed by atoms with Gasteiger partial charge in [0.25, 0.3) is 5.56 Å². The van der Waals surface area contributed by atoms with E-state index in [-0.39, 0.29) is 5.56 Å². The third kappa shape index (κ3) is 2.18. The van der Waals surface area contributed by atoms with Crippen molar-refractivity contribution in [2.45, 2.75) is 32.7 Å². The fraction of sp³-hybridized carbons (Fsp3) is 0.250. The molecular weight excluding hydrogens is 346 g/mol. The van der Waals surface area contributed by atoms with Crippen LogP contribution in [0.2, 0.25) is 0 Å². The summed E-state index contributed by atoms with van der Waals surface area (Å²) in [6.45, 7) is 6.29. The average Bonchev–Trinajstić information content (AvgIpc) is 3.34. The van der Waals surface area contributed by atoms with Crippen LogP contribution < -0.4 is 5.56 Å². The molecule has 0 saturated carbocycles. The topological polar surface area (TPSA) is 60.9 Å². The maximum absolute atomic E-state index is 12.9. The Bertz CT molecular complexity index is 1230. The molecule has 0 saturated heterocycles. The molecule has 26 heavy (non-hydrogen) atoms. The lowest BCUT2D eigenvalue weighted by atomic mass is 10.0. The minimum absolute atomic E-state index is 0.0210. The minimum atomic E-state index is -0.0210. The Hall–Kier alpha value is -2.73. The third-order valence-electron chi connectivity index (χ3n) is 4.86. The number of allylic oxidation sites excluding steroid dienone is 1. The number of thiophene rings is 1. The Morgan fingerprint density at radius 2 is 2.23 bits per heavy atom. The monoisotopic (exact) mass is 363 g/mol. The highest BCUT2D eigenvalue weighted by atomic mass is 32.1. The highest BCUT2D eigenvalue weighted by Crippen LogP contribution is 2.41. The first-order valence-corrected chi connectivity index (χ1v) is 9.47. The van der Waals surface area contributed by atoms with Crippen LogP contribution in [-0.4, -0.2) is 14.5 Å². The van der Waals surface area contributed by atoms with Crippen molar-refractivity contribution >= 4 is 31.8 Å². The highest BCUT2D eigenvalue weighted by molar-refractivity contribution is 7.25. The van der Waals surface area contributed by atoms with Crippen molar-refractivity contribution in [3.05, 3.63) is 58.4 Å². The first-order valence-electron chi connectivity index (χ1n) is 8.65. The van der Waals surface area contributed by atoms with Gasteiger partial charge in [-0.3, -0.25) is 9.36 Å². The molecule has 0 bridgehead atoms. The smallest absolute Gasteiger partial charge is 0.271 e. The van der Waals surface area contributed by atoms with E-state index in [2.05, 4.69) is 11.6 Å². The van der Waals surface area contributed by atoms with E-state index in [1.807, 2.05) is 19.1 Å². The molecular formula is C20H17N3O2S. The molecule has 4 aromatic rings. The summed E-state index contributed by atoms with van der Waals surface area (Å²) in [7, 11) is 0. The summed E-state index contributed by atoms with van der Waals surface area (Å²) >= 11 is 1.43. The molecule has 0 fully saturated rings. The van der Waals surface area contributed by atoms with Crippen LogP contribution in [0, 0.1) is 0 Å². The average molecular weight is 363 g/mol. The van der Waals surface area contributed by atoms with Crippen molar-refractivity contribution < 1.29 is 4.42 Å². The lowest BCUT2D eigenvalue weighted by Crippen LogP contribution is -2.19. The summed E-state index contributed by atoms with van der Waals surface area (Å²) in [6, 6.07) is 3.82. The molecule has 5 nitrogen and oxygen atoms in total. The van der Waals surface area contributed by atoms with Gasteiger partial charge in [-0.05, 0) is 49.4 Å². The number of hydrogen-bond acceptors (Lipinski definition) is 5. The fourth-order valence-corrected chi connectivity index (χ4v) is 4.92. The molecule has 1 aliphatic carbocycles. The molecule has 0 amide bonds. The van der Waals surface area contributed by atoms with Gasteiger partial charge in [0, 0.05) is 11.9 Å². The van der Waals surface area contributed by atoms with Crippen LogP contribution in [0.1, 0.15) is 24.5 Å². The predicted octanol–water partition coefficient (Wildman–Crippen LogP) is 4.33. The summed E-state index contributed by atoms with van der Waals surface area (Å²) in [4.78, 5) is 23.3. The zero-order valence-electron chi connectivity index (χ0n) is 14.4. The van der Waals surface area contributed by atoms with Gasteiger partial charge in [-0.15, -0.1) is 11.3 Å². The molecule has 0 radical (unpaired) electrons. The van der Waals surface area contributed by atoms with Gasteiger partial charge >= 0.3 is 0 Å². The summed E-state index contributed by atoms with van der Waals surface area (Å²) < 4.78 is 7.89. The van der Waals surface area contributed by atoms with Gasteiger partial charge in [0.2, 0.25) is 0 Å². The zero-order valence-corrected chi connectivity index (χ0v) is 15.2. The van der Waals surface area contributed by atoms with Gasteiger partial charge in [0.1, 0.15) is 15.2 Å². The second-order valence-electron chi connectivity index (χ2n) is 6.84. The number of rotatable bonds is 3. The van der Waals surface area contributed by atoms with E-state index in [4.69, 9.17) is 9.40 Å². The fourth-order valence-electron chi connectivity index (χ4n) is 3.81. The number of furan rings is 1. The summed E-state index contributed by atoms with van der Waals surface area (Å²) in [5.41, 5.74) is 5.10. The highest BCUT2D eigenvalue weighted by Gasteiger charge is 2.25. The number of aryl methyl sites for hydroxylation is 1. The molecule has 0 unspecified atom stereocenters.